The zero-order valence-electron chi connectivity index (χ0n) is 13.5. The zero-order valence-corrected chi connectivity index (χ0v) is 13.5. The number of pyridine rings is 1. The van der Waals surface area contributed by atoms with Gasteiger partial charge >= 0.3 is 0 Å². The molecular weight excluding hydrogens is 258 g/mol. The zero-order chi connectivity index (χ0) is 15.2. The summed E-state index contributed by atoms with van der Waals surface area (Å²) in [6.07, 6.45) is 3.04. The number of benzene rings is 1. The van der Waals surface area contributed by atoms with E-state index in [-0.39, 0.29) is 0 Å². The minimum Gasteiger partial charge on any atom is -0.329 e. The number of nitrogens with one attached hydrogen (secondary N) is 1. The SMILES string of the molecule is CCCNCc1ccnc(N(C)c2ccc(C)cc2C)c1. The summed E-state index contributed by atoms with van der Waals surface area (Å²) in [6, 6.07) is 10.7. The van der Waals surface area contributed by atoms with Crippen molar-refractivity contribution in [2.24, 2.45) is 0 Å². The average molecular weight is 283 g/mol. The van der Waals surface area contributed by atoms with Gasteiger partial charge in [0.25, 0.3) is 0 Å². The molecule has 0 saturated carbocycles. The molecule has 0 saturated heterocycles. The predicted octanol–water partition coefficient (Wildman–Crippen LogP) is 3.97. The lowest BCUT2D eigenvalue weighted by Crippen LogP contribution is -2.16. The van der Waals surface area contributed by atoms with Crippen LogP contribution in [0.25, 0.3) is 0 Å². The van der Waals surface area contributed by atoms with Crippen molar-refractivity contribution in [3.63, 3.8) is 0 Å². The summed E-state index contributed by atoms with van der Waals surface area (Å²) in [5, 5.41) is 3.43. The number of nitrogens with zero attached hydrogens (tertiary/aromatic N) is 2. The van der Waals surface area contributed by atoms with Gasteiger partial charge in [-0.3, -0.25) is 0 Å². The second-order valence-corrected chi connectivity index (χ2v) is 5.55. The lowest BCUT2D eigenvalue weighted by atomic mass is 10.1. The number of rotatable bonds is 6. The van der Waals surface area contributed by atoms with E-state index in [1.54, 1.807) is 0 Å². The van der Waals surface area contributed by atoms with Crippen molar-refractivity contribution in [2.75, 3.05) is 18.5 Å². The van der Waals surface area contributed by atoms with Crippen molar-refractivity contribution < 1.29 is 0 Å². The van der Waals surface area contributed by atoms with E-state index in [2.05, 4.69) is 73.4 Å². The van der Waals surface area contributed by atoms with Gasteiger partial charge in [0.15, 0.2) is 0 Å². The van der Waals surface area contributed by atoms with Crippen LogP contribution >= 0.6 is 0 Å². The molecule has 112 valence electrons. The Labute approximate surface area is 128 Å². The standard InChI is InChI=1S/C18H25N3/c1-5-9-19-13-16-8-10-20-18(12-16)21(4)17-7-6-14(2)11-15(17)3/h6-8,10-12,19H,5,9,13H2,1-4H3. The Bertz CT molecular complexity index is 593. The third-order valence-electron chi connectivity index (χ3n) is 3.62. The van der Waals surface area contributed by atoms with Gasteiger partial charge in [0, 0.05) is 25.5 Å². The van der Waals surface area contributed by atoms with Crippen LogP contribution in [-0.4, -0.2) is 18.6 Å². The van der Waals surface area contributed by atoms with Crippen LogP contribution in [0.2, 0.25) is 0 Å². The summed E-state index contributed by atoms with van der Waals surface area (Å²) in [6.45, 7) is 8.38. The van der Waals surface area contributed by atoms with E-state index < -0.39 is 0 Å². The summed E-state index contributed by atoms with van der Waals surface area (Å²) >= 11 is 0. The molecule has 1 aromatic carbocycles. The molecule has 3 nitrogen and oxygen atoms in total. The highest BCUT2D eigenvalue weighted by atomic mass is 15.2. The average Bonchev–Trinajstić information content (AvgIpc) is 2.47. The molecule has 0 fully saturated rings. The normalized spacial score (nSPS) is 10.7. The number of hydrogen-bond donors (Lipinski definition) is 1. The molecular formula is C18H25N3. The molecule has 0 bridgehead atoms. The fourth-order valence-corrected chi connectivity index (χ4v) is 2.47. The highest BCUT2D eigenvalue weighted by Gasteiger charge is 2.08. The molecule has 0 atom stereocenters. The maximum Gasteiger partial charge on any atom is 0.132 e. The lowest BCUT2D eigenvalue weighted by molar-refractivity contribution is 0.675. The molecule has 1 heterocycles. The van der Waals surface area contributed by atoms with Crippen LogP contribution < -0.4 is 10.2 Å². The smallest absolute Gasteiger partial charge is 0.132 e. The van der Waals surface area contributed by atoms with Gasteiger partial charge in [-0.05, 0) is 56.1 Å². The maximum absolute atomic E-state index is 4.51. The first-order valence-electron chi connectivity index (χ1n) is 7.58. The fraction of sp³-hybridized carbons (Fsp3) is 0.389. The molecule has 2 aromatic rings. The van der Waals surface area contributed by atoms with E-state index in [1.165, 1.54) is 22.4 Å². The Morgan fingerprint density at radius 1 is 1.14 bits per heavy atom. The Kier molecular flexibility index (Phi) is 5.34. The molecule has 3 heteroatoms. The van der Waals surface area contributed by atoms with Gasteiger partial charge < -0.3 is 10.2 Å². The number of aromatic nitrogens is 1. The van der Waals surface area contributed by atoms with Crippen LogP contribution in [0.4, 0.5) is 11.5 Å². The minimum atomic E-state index is 0.893. The van der Waals surface area contributed by atoms with Crippen LogP contribution in [0.5, 0.6) is 0 Å². The molecule has 0 spiro atoms. The lowest BCUT2D eigenvalue weighted by Gasteiger charge is -2.21. The monoisotopic (exact) mass is 283 g/mol. The first-order valence-corrected chi connectivity index (χ1v) is 7.58. The molecule has 0 unspecified atom stereocenters. The number of hydrogen-bond acceptors (Lipinski definition) is 3. The Balaban J connectivity index is 2.18. The summed E-state index contributed by atoms with van der Waals surface area (Å²) in [4.78, 5) is 6.66. The first kappa shape index (κ1) is 15.5. The maximum atomic E-state index is 4.51. The topological polar surface area (TPSA) is 28.2 Å². The van der Waals surface area contributed by atoms with E-state index in [1.807, 2.05) is 6.20 Å². The van der Waals surface area contributed by atoms with E-state index in [0.29, 0.717) is 0 Å². The van der Waals surface area contributed by atoms with Gasteiger partial charge in [-0.25, -0.2) is 4.98 Å². The van der Waals surface area contributed by atoms with Gasteiger partial charge in [-0.15, -0.1) is 0 Å². The minimum absolute atomic E-state index is 0.893. The van der Waals surface area contributed by atoms with Crippen molar-refractivity contribution in [1.82, 2.24) is 10.3 Å². The van der Waals surface area contributed by atoms with E-state index in [9.17, 15) is 0 Å². The fourth-order valence-electron chi connectivity index (χ4n) is 2.47. The molecule has 2 rings (SSSR count). The van der Waals surface area contributed by atoms with Crippen molar-refractivity contribution in [1.29, 1.82) is 0 Å². The van der Waals surface area contributed by atoms with Crippen LogP contribution in [0.3, 0.4) is 0 Å². The molecule has 0 aliphatic carbocycles. The van der Waals surface area contributed by atoms with Gasteiger partial charge in [-0.1, -0.05) is 24.6 Å². The Morgan fingerprint density at radius 2 is 1.95 bits per heavy atom. The van der Waals surface area contributed by atoms with Gasteiger partial charge in [0.1, 0.15) is 5.82 Å². The van der Waals surface area contributed by atoms with Crippen molar-refractivity contribution >= 4 is 11.5 Å². The molecule has 0 amide bonds. The Hall–Kier alpha value is -1.87. The molecule has 1 N–H and O–H groups in total. The molecule has 0 aliphatic rings. The quantitative estimate of drug-likeness (QED) is 0.813. The van der Waals surface area contributed by atoms with Crippen molar-refractivity contribution in [3.05, 3.63) is 53.2 Å². The van der Waals surface area contributed by atoms with Crippen LogP contribution in [0.15, 0.2) is 36.5 Å². The molecule has 0 radical (unpaired) electrons. The van der Waals surface area contributed by atoms with E-state index in [0.717, 1.165) is 25.3 Å². The third kappa shape index (κ3) is 4.05. The summed E-state index contributed by atoms with van der Waals surface area (Å²) in [7, 11) is 2.07. The van der Waals surface area contributed by atoms with Gasteiger partial charge in [-0.2, -0.15) is 0 Å². The number of aryl methyl sites for hydroxylation is 2. The van der Waals surface area contributed by atoms with Gasteiger partial charge in [0.2, 0.25) is 0 Å². The second kappa shape index (κ2) is 7.23. The van der Waals surface area contributed by atoms with Crippen molar-refractivity contribution in [3.8, 4) is 0 Å². The molecule has 1 aromatic heterocycles. The summed E-state index contributed by atoms with van der Waals surface area (Å²) in [5.41, 5.74) is 5.03. The molecule has 0 aliphatic heterocycles. The van der Waals surface area contributed by atoms with Crippen LogP contribution in [-0.2, 0) is 6.54 Å². The van der Waals surface area contributed by atoms with Crippen LogP contribution in [0, 0.1) is 13.8 Å². The van der Waals surface area contributed by atoms with Gasteiger partial charge in [0.05, 0.1) is 0 Å². The summed E-state index contributed by atoms with van der Waals surface area (Å²) < 4.78 is 0. The van der Waals surface area contributed by atoms with Crippen molar-refractivity contribution in [2.45, 2.75) is 33.7 Å². The molecule has 21 heavy (non-hydrogen) atoms. The first-order chi connectivity index (χ1) is 10.1. The third-order valence-corrected chi connectivity index (χ3v) is 3.62. The highest BCUT2D eigenvalue weighted by molar-refractivity contribution is 5.63. The van der Waals surface area contributed by atoms with E-state index >= 15 is 0 Å². The second-order valence-electron chi connectivity index (χ2n) is 5.55. The van der Waals surface area contributed by atoms with E-state index in [4.69, 9.17) is 0 Å². The van der Waals surface area contributed by atoms with Crippen LogP contribution in [0.1, 0.15) is 30.0 Å². The highest BCUT2D eigenvalue weighted by Crippen LogP contribution is 2.26. The largest absolute Gasteiger partial charge is 0.329 e. The number of anilines is 2. The Morgan fingerprint density at radius 3 is 2.67 bits per heavy atom. The predicted molar refractivity (Wildman–Crippen MR) is 90.2 cm³/mol. The summed E-state index contributed by atoms with van der Waals surface area (Å²) in [5.74, 6) is 0.984.